The fourth-order valence-corrected chi connectivity index (χ4v) is 1.29. The molecule has 2 N–H and O–H groups in total. The van der Waals surface area contributed by atoms with Gasteiger partial charge in [-0.3, -0.25) is 0 Å². The molecule has 84 valence electrons. The van der Waals surface area contributed by atoms with E-state index in [1.807, 2.05) is 6.07 Å². The molecule has 1 aromatic rings. The summed E-state index contributed by atoms with van der Waals surface area (Å²) in [6, 6.07) is 1.84. The highest BCUT2D eigenvalue weighted by Gasteiger charge is 2.05. The number of aromatic nitrogens is 2. The van der Waals surface area contributed by atoms with Crippen molar-refractivity contribution in [2.24, 2.45) is 5.73 Å². The van der Waals surface area contributed by atoms with E-state index in [0.29, 0.717) is 19.0 Å². The molecule has 0 radical (unpaired) electrons. The first-order valence-corrected chi connectivity index (χ1v) is 5.21. The van der Waals surface area contributed by atoms with E-state index >= 15 is 0 Å². The molecule has 0 spiro atoms. The lowest BCUT2D eigenvalue weighted by Gasteiger charge is -2.19. The van der Waals surface area contributed by atoms with Gasteiger partial charge in [-0.1, -0.05) is 0 Å². The minimum absolute atomic E-state index is 0.481. The minimum Gasteiger partial charge on any atom is -0.476 e. The Bertz CT molecular complexity index is 289. The van der Waals surface area contributed by atoms with Crippen LogP contribution in [0.5, 0.6) is 5.88 Å². The quantitative estimate of drug-likeness (QED) is 0.747. The summed E-state index contributed by atoms with van der Waals surface area (Å²) in [5, 5.41) is 0. The molecule has 1 heterocycles. The van der Waals surface area contributed by atoms with Gasteiger partial charge in [-0.25, -0.2) is 9.97 Å². The fraction of sp³-hybridized carbons (Fsp3) is 0.600. The van der Waals surface area contributed by atoms with Crippen molar-refractivity contribution in [2.75, 3.05) is 31.1 Å². The molecule has 5 nitrogen and oxygen atoms in total. The standard InChI is InChI=1S/C10H18N4O/c1-3-14(4-2)9-7-10(13-8-12-9)15-6-5-11/h7-8H,3-6,11H2,1-2H3. The molecule has 1 rings (SSSR count). The molecular formula is C10H18N4O. The van der Waals surface area contributed by atoms with E-state index in [0.717, 1.165) is 18.9 Å². The van der Waals surface area contributed by atoms with Gasteiger partial charge >= 0.3 is 0 Å². The number of hydrogen-bond donors (Lipinski definition) is 1. The molecule has 0 bridgehead atoms. The second-order valence-electron chi connectivity index (χ2n) is 3.02. The Morgan fingerprint density at radius 1 is 1.33 bits per heavy atom. The Labute approximate surface area is 90.3 Å². The minimum atomic E-state index is 0.481. The average Bonchev–Trinajstić information content (AvgIpc) is 2.29. The smallest absolute Gasteiger partial charge is 0.218 e. The fourth-order valence-electron chi connectivity index (χ4n) is 1.29. The zero-order valence-corrected chi connectivity index (χ0v) is 9.31. The van der Waals surface area contributed by atoms with Crippen molar-refractivity contribution >= 4 is 5.82 Å². The molecule has 0 saturated carbocycles. The number of ether oxygens (including phenoxy) is 1. The Kier molecular flexibility index (Phi) is 4.83. The van der Waals surface area contributed by atoms with Crippen LogP contribution in [-0.2, 0) is 0 Å². The molecule has 15 heavy (non-hydrogen) atoms. The summed E-state index contributed by atoms with van der Waals surface area (Å²) in [4.78, 5) is 10.3. The molecule has 0 fully saturated rings. The van der Waals surface area contributed by atoms with Gasteiger partial charge < -0.3 is 15.4 Å². The molecule has 0 aromatic carbocycles. The first kappa shape index (κ1) is 11.7. The number of hydrogen-bond acceptors (Lipinski definition) is 5. The predicted octanol–water partition coefficient (Wildman–Crippen LogP) is 0.660. The highest BCUT2D eigenvalue weighted by Crippen LogP contribution is 2.14. The van der Waals surface area contributed by atoms with Gasteiger partial charge in [0.15, 0.2) is 0 Å². The van der Waals surface area contributed by atoms with Crippen LogP contribution in [0, 0.1) is 0 Å². The molecule has 0 unspecified atom stereocenters. The third kappa shape index (κ3) is 3.36. The first-order chi connectivity index (χ1) is 7.31. The molecule has 0 amide bonds. The molecule has 5 heteroatoms. The summed E-state index contributed by atoms with van der Waals surface area (Å²) in [5.41, 5.74) is 5.35. The maximum Gasteiger partial charge on any atom is 0.218 e. The van der Waals surface area contributed by atoms with Gasteiger partial charge in [-0.2, -0.15) is 0 Å². The van der Waals surface area contributed by atoms with Crippen molar-refractivity contribution in [3.05, 3.63) is 12.4 Å². The molecular weight excluding hydrogens is 192 g/mol. The van der Waals surface area contributed by atoms with E-state index in [1.165, 1.54) is 6.33 Å². The first-order valence-electron chi connectivity index (χ1n) is 5.21. The van der Waals surface area contributed by atoms with Crippen molar-refractivity contribution in [2.45, 2.75) is 13.8 Å². The van der Waals surface area contributed by atoms with E-state index in [2.05, 4.69) is 28.7 Å². The van der Waals surface area contributed by atoms with Gasteiger partial charge in [0, 0.05) is 25.7 Å². The second kappa shape index (κ2) is 6.19. The van der Waals surface area contributed by atoms with E-state index in [4.69, 9.17) is 10.5 Å². The summed E-state index contributed by atoms with van der Waals surface area (Å²) in [7, 11) is 0. The maximum absolute atomic E-state index is 5.35. The van der Waals surface area contributed by atoms with E-state index in [1.54, 1.807) is 0 Å². The van der Waals surface area contributed by atoms with Crippen LogP contribution in [0.25, 0.3) is 0 Å². The average molecular weight is 210 g/mol. The number of nitrogens with two attached hydrogens (primary N) is 1. The van der Waals surface area contributed by atoms with Crippen molar-refractivity contribution < 1.29 is 4.74 Å². The van der Waals surface area contributed by atoms with Crippen LogP contribution in [0.2, 0.25) is 0 Å². The molecule has 0 saturated heterocycles. The highest BCUT2D eigenvalue weighted by molar-refractivity contribution is 5.40. The summed E-state index contributed by atoms with van der Waals surface area (Å²) >= 11 is 0. The zero-order valence-electron chi connectivity index (χ0n) is 9.31. The predicted molar refractivity (Wildman–Crippen MR) is 60.1 cm³/mol. The Morgan fingerprint density at radius 3 is 2.67 bits per heavy atom. The van der Waals surface area contributed by atoms with Crippen LogP contribution in [0.1, 0.15) is 13.8 Å². The molecule has 1 aromatic heterocycles. The third-order valence-corrected chi connectivity index (χ3v) is 2.08. The number of rotatable bonds is 6. The van der Waals surface area contributed by atoms with E-state index in [-0.39, 0.29) is 0 Å². The lowest BCUT2D eigenvalue weighted by molar-refractivity contribution is 0.315. The van der Waals surface area contributed by atoms with Crippen molar-refractivity contribution in [3.63, 3.8) is 0 Å². The lowest BCUT2D eigenvalue weighted by Crippen LogP contribution is -2.23. The summed E-state index contributed by atoms with van der Waals surface area (Å²) in [6.45, 7) is 6.99. The Morgan fingerprint density at radius 2 is 2.07 bits per heavy atom. The largest absolute Gasteiger partial charge is 0.476 e. The zero-order chi connectivity index (χ0) is 11.1. The highest BCUT2D eigenvalue weighted by atomic mass is 16.5. The number of anilines is 1. The normalized spacial score (nSPS) is 10.1. The van der Waals surface area contributed by atoms with E-state index in [9.17, 15) is 0 Å². The monoisotopic (exact) mass is 210 g/mol. The maximum atomic E-state index is 5.35. The van der Waals surface area contributed by atoms with Gasteiger partial charge in [0.2, 0.25) is 5.88 Å². The van der Waals surface area contributed by atoms with Gasteiger partial charge in [-0.05, 0) is 13.8 Å². The number of nitrogens with zero attached hydrogens (tertiary/aromatic N) is 3. The van der Waals surface area contributed by atoms with Gasteiger partial charge in [-0.15, -0.1) is 0 Å². The summed E-state index contributed by atoms with van der Waals surface area (Å²) in [5.74, 6) is 1.47. The summed E-state index contributed by atoms with van der Waals surface area (Å²) < 4.78 is 5.33. The van der Waals surface area contributed by atoms with Crippen molar-refractivity contribution in [1.82, 2.24) is 9.97 Å². The van der Waals surface area contributed by atoms with Crippen LogP contribution in [0.15, 0.2) is 12.4 Å². The van der Waals surface area contributed by atoms with Gasteiger partial charge in [0.25, 0.3) is 0 Å². The Hall–Kier alpha value is -1.36. The topological polar surface area (TPSA) is 64.3 Å². The van der Waals surface area contributed by atoms with Crippen LogP contribution >= 0.6 is 0 Å². The Balaban J connectivity index is 2.72. The van der Waals surface area contributed by atoms with Crippen molar-refractivity contribution in [3.8, 4) is 5.88 Å². The van der Waals surface area contributed by atoms with Crippen LogP contribution < -0.4 is 15.4 Å². The van der Waals surface area contributed by atoms with Crippen LogP contribution in [-0.4, -0.2) is 36.2 Å². The lowest BCUT2D eigenvalue weighted by atomic mass is 10.4. The van der Waals surface area contributed by atoms with Crippen LogP contribution in [0.3, 0.4) is 0 Å². The second-order valence-corrected chi connectivity index (χ2v) is 3.02. The van der Waals surface area contributed by atoms with Crippen molar-refractivity contribution in [1.29, 1.82) is 0 Å². The third-order valence-electron chi connectivity index (χ3n) is 2.08. The SMILES string of the molecule is CCN(CC)c1cc(OCCN)ncn1. The molecule has 0 atom stereocenters. The van der Waals surface area contributed by atoms with Gasteiger partial charge in [0.1, 0.15) is 18.8 Å². The molecule has 0 aliphatic carbocycles. The molecule has 0 aliphatic heterocycles. The summed E-state index contributed by atoms with van der Waals surface area (Å²) in [6.07, 6.45) is 1.51. The van der Waals surface area contributed by atoms with Gasteiger partial charge in [0.05, 0.1) is 0 Å². The van der Waals surface area contributed by atoms with Crippen LogP contribution in [0.4, 0.5) is 5.82 Å². The van der Waals surface area contributed by atoms with E-state index < -0.39 is 0 Å². The molecule has 0 aliphatic rings.